The summed E-state index contributed by atoms with van der Waals surface area (Å²) in [6, 6.07) is 0. The minimum absolute atomic E-state index is 0.0761. The lowest BCUT2D eigenvalue weighted by atomic mass is 9.91. The number of ketones is 1. The van der Waals surface area contributed by atoms with E-state index in [2.05, 4.69) is 10.3 Å². The van der Waals surface area contributed by atoms with Crippen molar-refractivity contribution in [2.75, 3.05) is 13.2 Å². The summed E-state index contributed by atoms with van der Waals surface area (Å²) in [5.41, 5.74) is 0.160. The minimum Gasteiger partial charge on any atom is -0.390 e. The van der Waals surface area contributed by atoms with E-state index in [-0.39, 0.29) is 24.4 Å². The highest BCUT2D eigenvalue weighted by molar-refractivity contribution is 5.84. The monoisotopic (exact) mass is 241 g/mol. The molecule has 17 heavy (non-hydrogen) atoms. The van der Waals surface area contributed by atoms with Gasteiger partial charge in [-0.1, -0.05) is 26.0 Å². The minimum atomic E-state index is -0.364. The zero-order valence-corrected chi connectivity index (χ0v) is 10.5. The molecule has 0 aromatic carbocycles. The third-order valence-electron chi connectivity index (χ3n) is 2.28. The molecule has 0 radical (unpaired) electrons. The number of aliphatic hydroxyl groups excluding tert-OH is 1. The van der Waals surface area contributed by atoms with E-state index in [1.165, 1.54) is 0 Å². The van der Waals surface area contributed by atoms with Crippen LogP contribution >= 0.6 is 0 Å². The van der Waals surface area contributed by atoms with Gasteiger partial charge in [-0.15, -0.1) is 5.10 Å². The van der Waals surface area contributed by atoms with Crippen LogP contribution in [0.15, 0.2) is 6.20 Å². The highest BCUT2D eigenvalue weighted by Crippen LogP contribution is 2.14. The van der Waals surface area contributed by atoms with Crippen LogP contribution in [-0.4, -0.2) is 39.1 Å². The molecule has 0 saturated heterocycles. The van der Waals surface area contributed by atoms with Crippen molar-refractivity contribution in [1.29, 1.82) is 0 Å². The molecule has 0 bridgehead atoms. The largest absolute Gasteiger partial charge is 0.390 e. The van der Waals surface area contributed by atoms with Gasteiger partial charge in [-0.2, -0.15) is 0 Å². The Labute approximate surface area is 101 Å². The maximum Gasteiger partial charge on any atom is 0.163 e. The number of aliphatic hydroxyl groups is 1. The summed E-state index contributed by atoms with van der Waals surface area (Å²) >= 11 is 0. The van der Waals surface area contributed by atoms with Gasteiger partial charge in [0.2, 0.25) is 0 Å². The number of ether oxygens (including phenoxy) is 1. The van der Waals surface area contributed by atoms with E-state index < -0.39 is 0 Å². The van der Waals surface area contributed by atoms with Gasteiger partial charge in [-0.3, -0.25) is 4.79 Å². The predicted molar refractivity (Wildman–Crippen MR) is 61.2 cm³/mol. The van der Waals surface area contributed by atoms with Gasteiger partial charge in [0.15, 0.2) is 5.78 Å². The topological polar surface area (TPSA) is 77.2 Å². The summed E-state index contributed by atoms with van der Waals surface area (Å²) in [5.74, 6) is 0.0761. The Morgan fingerprint density at radius 2 is 2.24 bits per heavy atom. The summed E-state index contributed by atoms with van der Waals surface area (Å²) in [6.45, 7) is 6.51. The molecule has 0 atom stereocenters. The summed E-state index contributed by atoms with van der Waals surface area (Å²) in [7, 11) is 0. The van der Waals surface area contributed by atoms with E-state index in [9.17, 15) is 4.79 Å². The van der Waals surface area contributed by atoms with Gasteiger partial charge >= 0.3 is 0 Å². The molecule has 6 nitrogen and oxygen atoms in total. The number of hydrogen-bond donors (Lipinski definition) is 1. The first-order valence-corrected chi connectivity index (χ1v) is 5.54. The first-order chi connectivity index (χ1) is 7.93. The van der Waals surface area contributed by atoms with Crippen LogP contribution in [0.3, 0.4) is 0 Å². The van der Waals surface area contributed by atoms with Gasteiger partial charge in [-0.25, -0.2) is 4.68 Å². The third kappa shape index (κ3) is 4.62. The standard InChI is InChI=1S/C11H19N3O3/c1-11(2,3)10(16)8-17-5-4-14-6-9(7-15)12-13-14/h6,15H,4-5,7-8H2,1-3H3. The van der Waals surface area contributed by atoms with Crippen LogP contribution in [-0.2, 0) is 22.7 Å². The Hall–Kier alpha value is -1.27. The highest BCUT2D eigenvalue weighted by Gasteiger charge is 2.20. The normalized spacial score (nSPS) is 11.8. The van der Waals surface area contributed by atoms with E-state index in [0.29, 0.717) is 18.8 Å². The zero-order valence-electron chi connectivity index (χ0n) is 10.5. The van der Waals surface area contributed by atoms with E-state index >= 15 is 0 Å². The molecule has 1 N–H and O–H groups in total. The second kappa shape index (κ2) is 5.88. The second-order valence-electron chi connectivity index (χ2n) is 4.86. The molecule has 0 unspecified atom stereocenters. The molecule has 0 aliphatic carbocycles. The lowest BCUT2D eigenvalue weighted by Gasteiger charge is -2.16. The summed E-state index contributed by atoms with van der Waals surface area (Å²) < 4.78 is 6.84. The van der Waals surface area contributed by atoms with E-state index in [1.54, 1.807) is 10.9 Å². The van der Waals surface area contributed by atoms with Crippen molar-refractivity contribution in [3.05, 3.63) is 11.9 Å². The van der Waals surface area contributed by atoms with Crippen molar-refractivity contribution in [2.24, 2.45) is 5.41 Å². The molecule has 0 spiro atoms. The van der Waals surface area contributed by atoms with Crippen LogP contribution in [0, 0.1) is 5.41 Å². The quantitative estimate of drug-likeness (QED) is 0.729. The molecular weight excluding hydrogens is 222 g/mol. The number of nitrogens with zero attached hydrogens (tertiary/aromatic N) is 3. The van der Waals surface area contributed by atoms with Crippen LogP contribution in [0.1, 0.15) is 26.5 Å². The molecule has 0 aliphatic rings. The average Bonchev–Trinajstić information content (AvgIpc) is 2.70. The van der Waals surface area contributed by atoms with Crippen LogP contribution in [0.4, 0.5) is 0 Å². The number of carbonyl (C=O) groups is 1. The van der Waals surface area contributed by atoms with Crippen LogP contribution < -0.4 is 0 Å². The molecule has 0 saturated carbocycles. The van der Waals surface area contributed by atoms with Gasteiger partial charge < -0.3 is 9.84 Å². The molecule has 0 fully saturated rings. The Morgan fingerprint density at radius 1 is 1.53 bits per heavy atom. The first kappa shape index (κ1) is 13.8. The van der Waals surface area contributed by atoms with Gasteiger partial charge in [-0.05, 0) is 0 Å². The Morgan fingerprint density at radius 3 is 2.76 bits per heavy atom. The smallest absolute Gasteiger partial charge is 0.163 e. The first-order valence-electron chi connectivity index (χ1n) is 5.54. The average molecular weight is 241 g/mol. The number of aromatic nitrogens is 3. The molecule has 6 heteroatoms. The fourth-order valence-electron chi connectivity index (χ4n) is 1.06. The molecule has 1 rings (SSSR count). The second-order valence-corrected chi connectivity index (χ2v) is 4.86. The molecule has 1 heterocycles. The van der Waals surface area contributed by atoms with Crippen LogP contribution in [0.2, 0.25) is 0 Å². The van der Waals surface area contributed by atoms with Gasteiger partial charge in [0.05, 0.1) is 26.0 Å². The molecule has 1 aromatic heterocycles. The maximum absolute atomic E-state index is 11.5. The molecule has 0 amide bonds. The van der Waals surface area contributed by atoms with Crippen LogP contribution in [0.25, 0.3) is 0 Å². The Kier molecular flexibility index (Phi) is 4.77. The van der Waals surface area contributed by atoms with Crippen molar-refractivity contribution in [3.8, 4) is 0 Å². The summed E-state index contributed by atoms with van der Waals surface area (Å²) in [6.07, 6.45) is 1.65. The third-order valence-corrected chi connectivity index (χ3v) is 2.28. The van der Waals surface area contributed by atoms with E-state index in [1.807, 2.05) is 20.8 Å². The zero-order chi connectivity index (χ0) is 12.9. The Bertz CT molecular complexity index is 368. The highest BCUT2D eigenvalue weighted by atomic mass is 16.5. The lowest BCUT2D eigenvalue weighted by molar-refractivity contribution is -0.131. The van der Waals surface area contributed by atoms with E-state index in [0.717, 1.165) is 0 Å². The van der Waals surface area contributed by atoms with Gasteiger partial charge in [0.25, 0.3) is 0 Å². The molecule has 0 aliphatic heterocycles. The SMILES string of the molecule is CC(C)(C)C(=O)COCCn1cc(CO)nn1. The van der Waals surface area contributed by atoms with Crippen LogP contribution in [0.5, 0.6) is 0 Å². The maximum atomic E-state index is 11.5. The van der Waals surface area contributed by atoms with E-state index in [4.69, 9.17) is 9.84 Å². The predicted octanol–water partition coefficient (Wildman–Crippen LogP) is 0.402. The summed E-state index contributed by atoms with van der Waals surface area (Å²) in [4.78, 5) is 11.5. The number of hydrogen-bond acceptors (Lipinski definition) is 5. The van der Waals surface area contributed by atoms with Crippen molar-refractivity contribution in [1.82, 2.24) is 15.0 Å². The van der Waals surface area contributed by atoms with Crippen molar-refractivity contribution >= 4 is 5.78 Å². The molecular formula is C11H19N3O3. The lowest BCUT2D eigenvalue weighted by Crippen LogP contribution is -2.25. The number of carbonyl (C=O) groups excluding carboxylic acids is 1. The van der Waals surface area contributed by atoms with Gasteiger partial charge in [0.1, 0.15) is 12.3 Å². The van der Waals surface area contributed by atoms with Crippen molar-refractivity contribution in [3.63, 3.8) is 0 Å². The fraction of sp³-hybridized carbons (Fsp3) is 0.727. The number of Topliss-reactive ketones (excluding diaryl/α,β-unsaturated/α-hetero) is 1. The Balaban J connectivity index is 2.22. The fourth-order valence-corrected chi connectivity index (χ4v) is 1.06. The summed E-state index contributed by atoms with van der Waals surface area (Å²) in [5, 5.41) is 16.3. The van der Waals surface area contributed by atoms with Crippen molar-refractivity contribution in [2.45, 2.75) is 33.9 Å². The van der Waals surface area contributed by atoms with Crippen molar-refractivity contribution < 1.29 is 14.6 Å². The number of rotatable bonds is 6. The van der Waals surface area contributed by atoms with Gasteiger partial charge in [0, 0.05) is 5.41 Å². The molecule has 1 aromatic rings. The molecule has 96 valence electrons.